The number of nitrogens with one attached hydrogen (secondary N) is 1. The Hall–Kier alpha value is -1.87. The minimum absolute atomic E-state index is 0.128. The van der Waals surface area contributed by atoms with E-state index in [9.17, 15) is 0 Å². The van der Waals surface area contributed by atoms with Crippen molar-refractivity contribution in [3.8, 4) is 11.6 Å². The molecule has 3 nitrogen and oxygen atoms in total. The average Bonchev–Trinajstić information content (AvgIpc) is 2.38. The highest BCUT2D eigenvalue weighted by Crippen LogP contribution is 2.19. The summed E-state index contributed by atoms with van der Waals surface area (Å²) in [7, 11) is 0. The Bertz CT molecular complexity index is 501. The summed E-state index contributed by atoms with van der Waals surface area (Å²) in [6, 6.07) is 13.7. The van der Waals surface area contributed by atoms with Crippen LogP contribution in [-0.4, -0.2) is 10.5 Å². The number of hydrogen-bond acceptors (Lipinski definition) is 3. The van der Waals surface area contributed by atoms with Crippen LogP contribution in [-0.2, 0) is 6.54 Å². The molecule has 0 aliphatic heterocycles. The van der Waals surface area contributed by atoms with Crippen molar-refractivity contribution in [1.82, 2.24) is 10.3 Å². The second-order valence-corrected chi connectivity index (χ2v) is 5.52. The first-order chi connectivity index (χ1) is 9.03. The predicted octanol–water partition coefficient (Wildman–Crippen LogP) is 3.76. The van der Waals surface area contributed by atoms with Crippen LogP contribution < -0.4 is 10.1 Å². The maximum atomic E-state index is 5.65. The summed E-state index contributed by atoms with van der Waals surface area (Å²) in [5.74, 6) is 1.42. The van der Waals surface area contributed by atoms with Crippen molar-refractivity contribution >= 4 is 0 Å². The van der Waals surface area contributed by atoms with Crippen LogP contribution in [0, 0.1) is 0 Å². The van der Waals surface area contributed by atoms with E-state index in [2.05, 4.69) is 43.2 Å². The van der Waals surface area contributed by atoms with Crippen LogP contribution in [0.2, 0.25) is 0 Å². The van der Waals surface area contributed by atoms with E-state index < -0.39 is 0 Å². The van der Waals surface area contributed by atoms with Gasteiger partial charge in [0.1, 0.15) is 5.75 Å². The largest absolute Gasteiger partial charge is 0.439 e. The molecular weight excluding hydrogens is 236 g/mol. The third-order valence-corrected chi connectivity index (χ3v) is 2.61. The van der Waals surface area contributed by atoms with Gasteiger partial charge in [-0.25, -0.2) is 4.98 Å². The fraction of sp³-hybridized carbons (Fsp3) is 0.312. The maximum absolute atomic E-state index is 5.65. The first-order valence-electron chi connectivity index (χ1n) is 6.46. The Balaban J connectivity index is 1.95. The lowest BCUT2D eigenvalue weighted by atomic mass is 10.1. The van der Waals surface area contributed by atoms with Crippen molar-refractivity contribution < 1.29 is 4.74 Å². The molecule has 0 unspecified atom stereocenters. The molecule has 1 aromatic heterocycles. The number of benzene rings is 1. The van der Waals surface area contributed by atoms with Gasteiger partial charge in [-0.15, -0.1) is 0 Å². The molecule has 2 rings (SSSR count). The summed E-state index contributed by atoms with van der Waals surface area (Å²) in [6.07, 6.45) is 1.72. The zero-order valence-corrected chi connectivity index (χ0v) is 11.7. The highest BCUT2D eigenvalue weighted by atomic mass is 16.5. The molecule has 1 N–H and O–H groups in total. The Kier molecular flexibility index (Phi) is 4.17. The monoisotopic (exact) mass is 256 g/mol. The molecule has 19 heavy (non-hydrogen) atoms. The van der Waals surface area contributed by atoms with Gasteiger partial charge in [-0.3, -0.25) is 0 Å². The fourth-order valence-electron chi connectivity index (χ4n) is 1.57. The standard InChI is InChI=1S/C16H20N2O/c1-16(2,3)18-12-13-7-9-14(10-8-13)19-15-6-4-5-11-17-15/h4-11,18H,12H2,1-3H3. The Morgan fingerprint density at radius 1 is 1.05 bits per heavy atom. The molecule has 1 aromatic carbocycles. The van der Waals surface area contributed by atoms with E-state index in [1.165, 1.54) is 5.56 Å². The van der Waals surface area contributed by atoms with E-state index >= 15 is 0 Å². The van der Waals surface area contributed by atoms with Crippen molar-refractivity contribution in [2.24, 2.45) is 0 Å². The van der Waals surface area contributed by atoms with Gasteiger partial charge in [-0.1, -0.05) is 18.2 Å². The van der Waals surface area contributed by atoms with Crippen LogP contribution >= 0.6 is 0 Å². The minimum atomic E-state index is 0.128. The molecule has 0 aliphatic rings. The van der Waals surface area contributed by atoms with E-state index in [0.717, 1.165) is 12.3 Å². The highest BCUT2D eigenvalue weighted by Gasteiger charge is 2.08. The van der Waals surface area contributed by atoms with Crippen LogP contribution in [0.15, 0.2) is 48.7 Å². The molecule has 3 heteroatoms. The van der Waals surface area contributed by atoms with Gasteiger partial charge in [0, 0.05) is 24.3 Å². The molecule has 0 fully saturated rings. The van der Waals surface area contributed by atoms with Crippen molar-refractivity contribution in [2.75, 3.05) is 0 Å². The molecule has 0 radical (unpaired) electrons. The molecule has 0 saturated heterocycles. The number of nitrogens with zero attached hydrogens (tertiary/aromatic N) is 1. The average molecular weight is 256 g/mol. The smallest absolute Gasteiger partial charge is 0.219 e. The summed E-state index contributed by atoms with van der Waals surface area (Å²) in [4.78, 5) is 4.13. The molecule has 0 aliphatic carbocycles. The second-order valence-electron chi connectivity index (χ2n) is 5.52. The number of rotatable bonds is 4. The van der Waals surface area contributed by atoms with E-state index in [0.29, 0.717) is 5.88 Å². The normalized spacial score (nSPS) is 11.3. The minimum Gasteiger partial charge on any atom is -0.439 e. The van der Waals surface area contributed by atoms with Gasteiger partial charge < -0.3 is 10.1 Å². The number of pyridine rings is 1. The topological polar surface area (TPSA) is 34.1 Å². The van der Waals surface area contributed by atoms with E-state index in [1.807, 2.05) is 30.3 Å². The summed E-state index contributed by atoms with van der Waals surface area (Å²) in [5.41, 5.74) is 1.37. The molecular formula is C16H20N2O. The third-order valence-electron chi connectivity index (χ3n) is 2.61. The van der Waals surface area contributed by atoms with Gasteiger partial charge in [-0.2, -0.15) is 0 Å². The number of ether oxygens (including phenoxy) is 1. The Labute approximate surface area is 114 Å². The lowest BCUT2D eigenvalue weighted by Gasteiger charge is -2.20. The summed E-state index contributed by atoms with van der Waals surface area (Å²) in [6.45, 7) is 7.33. The molecule has 0 atom stereocenters. The molecule has 2 aromatic rings. The summed E-state index contributed by atoms with van der Waals surface area (Å²) in [5, 5.41) is 3.45. The van der Waals surface area contributed by atoms with Crippen LogP contribution in [0.1, 0.15) is 26.3 Å². The Morgan fingerprint density at radius 3 is 2.37 bits per heavy atom. The third kappa shape index (κ3) is 4.72. The molecule has 0 bridgehead atoms. The fourth-order valence-corrected chi connectivity index (χ4v) is 1.57. The summed E-state index contributed by atoms with van der Waals surface area (Å²) >= 11 is 0. The van der Waals surface area contributed by atoms with Crippen molar-refractivity contribution in [3.63, 3.8) is 0 Å². The highest BCUT2D eigenvalue weighted by molar-refractivity contribution is 5.30. The second kappa shape index (κ2) is 5.85. The predicted molar refractivity (Wildman–Crippen MR) is 77.3 cm³/mol. The van der Waals surface area contributed by atoms with E-state index in [1.54, 1.807) is 6.20 Å². The number of hydrogen-bond donors (Lipinski definition) is 1. The quantitative estimate of drug-likeness (QED) is 0.904. The van der Waals surface area contributed by atoms with E-state index in [-0.39, 0.29) is 5.54 Å². The SMILES string of the molecule is CC(C)(C)NCc1ccc(Oc2ccccn2)cc1. The summed E-state index contributed by atoms with van der Waals surface area (Å²) < 4.78 is 5.65. The van der Waals surface area contributed by atoms with Gasteiger partial charge in [0.05, 0.1) is 0 Å². The van der Waals surface area contributed by atoms with Crippen LogP contribution in [0.3, 0.4) is 0 Å². The molecule has 1 heterocycles. The molecule has 0 saturated carbocycles. The van der Waals surface area contributed by atoms with Gasteiger partial charge in [0.15, 0.2) is 0 Å². The zero-order chi connectivity index (χ0) is 13.7. The van der Waals surface area contributed by atoms with Crippen LogP contribution in [0.5, 0.6) is 11.6 Å². The van der Waals surface area contributed by atoms with Crippen molar-refractivity contribution in [3.05, 3.63) is 54.2 Å². The Morgan fingerprint density at radius 2 is 1.79 bits per heavy atom. The van der Waals surface area contributed by atoms with Crippen molar-refractivity contribution in [2.45, 2.75) is 32.9 Å². The van der Waals surface area contributed by atoms with E-state index in [4.69, 9.17) is 4.74 Å². The van der Waals surface area contributed by atoms with Gasteiger partial charge in [0.25, 0.3) is 0 Å². The molecule has 100 valence electrons. The van der Waals surface area contributed by atoms with Crippen LogP contribution in [0.25, 0.3) is 0 Å². The lowest BCUT2D eigenvalue weighted by molar-refractivity contribution is 0.424. The van der Waals surface area contributed by atoms with Crippen molar-refractivity contribution in [1.29, 1.82) is 0 Å². The first kappa shape index (κ1) is 13.6. The molecule has 0 amide bonds. The first-order valence-corrected chi connectivity index (χ1v) is 6.46. The van der Waals surface area contributed by atoms with Gasteiger partial charge >= 0.3 is 0 Å². The van der Waals surface area contributed by atoms with Crippen LogP contribution in [0.4, 0.5) is 0 Å². The molecule has 0 spiro atoms. The zero-order valence-electron chi connectivity index (χ0n) is 11.7. The maximum Gasteiger partial charge on any atom is 0.219 e. The lowest BCUT2D eigenvalue weighted by Crippen LogP contribution is -2.34. The van der Waals surface area contributed by atoms with Gasteiger partial charge in [-0.05, 0) is 44.5 Å². The number of aromatic nitrogens is 1. The van der Waals surface area contributed by atoms with Gasteiger partial charge in [0.2, 0.25) is 5.88 Å².